The highest BCUT2D eigenvalue weighted by Crippen LogP contribution is 2.22. The molecule has 0 heterocycles. The Morgan fingerprint density at radius 1 is 1.31 bits per heavy atom. The highest BCUT2D eigenvalue weighted by Gasteiger charge is 2.19. The Labute approximate surface area is 99.4 Å². The zero-order valence-electron chi connectivity index (χ0n) is 10.2. The van der Waals surface area contributed by atoms with Crippen molar-refractivity contribution in [2.75, 3.05) is 12.8 Å². The standard InChI is InChI=1S/C12H19NO2S/c1-12(2,3)16(14)8-9-5-10(13)7-11(6-9)15-4/h5-7H,8,13H2,1-4H3. The molecule has 0 saturated carbocycles. The first-order chi connectivity index (χ1) is 7.32. The number of benzene rings is 1. The van der Waals surface area contributed by atoms with E-state index in [0.717, 1.165) is 5.56 Å². The van der Waals surface area contributed by atoms with Gasteiger partial charge in [-0.05, 0) is 38.5 Å². The third-order valence-electron chi connectivity index (χ3n) is 2.21. The summed E-state index contributed by atoms with van der Waals surface area (Å²) in [5.74, 6) is 1.21. The van der Waals surface area contributed by atoms with Crippen LogP contribution in [0.5, 0.6) is 5.75 Å². The van der Waals surface area contributed by atoms with Gasteiger partial charge < -0.3 is 10.5 Å². The van der Waals surface area contributed by atoms with Crippen LogP contribution in [0.3, 0.4) is 0 Å². The van der Waals surface area contributed by atoms with E-state index in [0.29, 0.717) is 17.2 Å². The second-order valence-electron chi connectivity index (χ2n) is 4.72. The Morgan fingerprint density at radius 2 is 1.94 bits per heavy atom. The summed E-state index contributed by atoms with van der Waals surface area (Å²) in [7, 11) is 0.679. The van der Waals surface area contributed by atoms with Crippen LogP contribution in [0.4, 0.5) is 5.69 Å². The molecule has 0 fully saturated rings. The van der Waals surface area contributed by atoms with Crippen molar-refractivity contribution in [2.24, 2.45) is 0 Å². The van der Waals surface area contributed by atoms with Gasteiger partial charge in [-0.1, -0.05) is 0 Å². The maximum Gasteiger partial charge on any atom is 0.121 e. The highest BCUT2D eigenvalue weighted by atomic mass is 32.2. The van der Waals surface area contributed by atoms with Crippen LogP contribution in [0, 0.1) is 0 Å². The van der Waals surface area contributed by atoms with Crippen LogP contribution >= 0.6 is 0 Å². The average molecular weight is 241 g/mol. The molecule has 0 bridgehead atoms. The third kappa shape index (κ3) is 3.52. The van der Waals surface area contributed by atoms with Gasteiger partial charge in [0.2, 0.25) is 0 Å². The lowest BCUT2D eigenvalue weighted by atomic mass is 10.2. The molecule has 1 aromatic rings. The van der Waals surface area contributed by atoms with E-state index in [4.69, 9.17) is 10.5 Å². The number of nitrogen functional groups attached to an aromatic ring is 1. The summed E-state index contributed by atoms with van der Waals surface area (Å²) in [6.45, 7) is 5.89. The fraction of sp³-hybridized carbons (Fsp3) is 0.500. The molecule has 4 heteroatoms. The number of rotatable bonds is 3. The Balaban J connectivity index is 2.89. The predicted octanol–water partition coefficient (Wildman–Crippen LogP) is 2.32. The molecule has 1 aromatic carbocycles. The lowest BCUT2D eigenvalue weighted by molar-refractivity contribution is 0.414. The molecular formula is C12H19NO2S. The summed E-state index contributed by atoms with van der Waals surface area (Å²) < 4.78 is 16.9. The van der Waals surface area contributed by atoms with Crippen LogP contribution in [-0.2, 0) is 16.6 Å². The third-order valence-corrected chi connectivity index (χ3v) is 4.17. The van der Waals surface area contributed by atoms with E-state index >= 15 is 0 Å². The van der Waals surface area contributed by atoms with Crippen LogP contribution in [0.25, 0.3) is 0 Å². The van der Waals surface area contributed by atoms with Gasteiger partial charge in [-0.3, -0.25) is 4.21 Å². The number of anilines is 1. The SMILES string of the molecule is COc1cc(N)cc(CS(=O)C(C)(C)C)c1. The molecule has 0 aliphatic rings. The van der Waals surface area contributed by atoms with Crippen molar-refractivity contribution in [2.45, 2.75) is 31.3 Å². The molecule has 1 unspecified atom stereocenters. The molecule has 2 N–H and O–H groups in total. The Hall–Kier alpha value is -1.03. The van der Waals surface area contributed by atoms with Gasteiger partial charge in [0.05, 0.1) is 7.11 Å². The van der Waals surface area contributed by atoms with E-state index in [1.54, 1.807) is 13.2 Å². The van der Waals surface area contributed by atoms with Crippen LogP contribution in [0.15, 0.2) is 18.2 Å². The molecule has 0 saturated heterocycles. The average Bonchev–Trinajstić information content (AvgIpc) is 2.15. The van der Waals surface area contributed by atoms with Crippen LogP contribution in [0.2, 0.25) is 0 Å². The Bertz CT molecular complexity index is 396. The Morgan fingerprint density at radius 3 is 2.44 bits per heavy atom. The van der Waals surface area contributed by atoms with Crippen LogP contribution in [-0.4, -0.2) is 16.1 Å². The molecule has 0 amide bonds. The molecule has 0 aliphatic heterocycles. The van der Waals surface area contributed by atoms with Crippen molar-refractivity contribution in [3.05, 3.63) is 23.8 Å². The van der Waals surface area contributed by atoms with Crippen molar-refractivity contribution in [1.29, 1.82) is 0 Å². The molecule has 1 atom stereocenters. The van der Waals surface area contributed by atoms with E-state index in [2.05, 4.69) is 0 Å². The number of hydrogen-bond acceptors (Lipinski definition) is 3. The van der Waals surface area contributed by atoms with Gasteiger partial charge in [0, 0.05) is 33.1 Å². The van der Waals surface area contributed by atoms with Crippen LogP contribution in [0.1, 0.15) is 26.3 Å². The quantitative estimate of drug-likeness (QED) is 0.826. The fourth-order valence-electron chi connectivity index (χ4n) is 1.26. The number of methoxy groups -OCH3 is 1. The van der Waals surface area contributed by atoms with E-state index < -0.39 is 10.8 Å². The molecule has 16 heavy (non-hydrogen) atoms. The monoisotopic (exact) mass is 241 g/mol. The van der Waals surface area contributed by atoms with Gasteiger partial charge >= 0.3 is 0 Å². The summed E-state index contributed by atoms with van der Waals surface area (Å²) >= 11 is 0. The minimum Gasteiger partial charge on any atom is -0.497 e. The molecule has 0 aromatic heterocycles. The van der Waals surface area contributed by atoms with Gasteiger partial charge in [0.15, 0.2) is 0 Å². The smallest absolute Gasteiger partial charge is 0.121 e. The van der Waals surface area contributed by atoms with Crippen molar-refractivity contribution in [1.82, 2.24) is 0 Å². The highest BCUT2D eigenvalue weighted by molar-refractivity contribution is 7.85. The van der Waals surface area contributed by atoms with Crippen molar-refractivity contribution >= 4 is 16.5 Å². The lowest BCUT2D eigenvalue weighted by Gasteiger charge is -2.18. The van der Waals surface area contributed by atoms with Crippen LogP contribution < -0.4 is 10.5 Å². The molecule has 90 valence electrons. The normalized spacial score (nSPS) is 13.5. The molecule has 0 aliphatic carbocycles. The Kier molecular flexibility index (Phi) is 3.97. The predicted molar refractivity (Wildman–Crippen MR) is 69.0 cm³/mol. The summed E-state index contributed by atoms with van der Waals surface area (Å²) in [5.41, 5.74) is 7.33. The minimum atomic E-state index is -0.918. The zero-order chi connectivity index (χ0) is 12.3. The second-order valence-corrected chi connectivity index (χ2v) is 6.92. The fourth-order valence-corrected chi connectivity index (χ4v) is 2.16. The zero-order valence-corrected chi connectivity index (χ0v) is 11.1. The van der Waals surface area contributed by atoms with Gasteiger partial charge in [0.1, 0.15) is 5.75 Å². The molecule has 1 rings (SSSR count). The maximum absolute atomic E-state index is 12.0. The second kappa shape index (κ2) is 4.87. The summed E-state index contributed by atoms with van der Waals surface area (Å²) in [4.78, 5) is 0. The van der Waals surface area contributed by atoms with Crippen molar-refractivity contribution in [3.8, 4) is 5.75 Å². The largest absolute Gasteiger partial charge is 0.497 e. The first kappa shape index (κ1) is 13.0. The number of hydrogen-bond donors (Lipinski definition) is 1. The molecule has 0 spiro atoms. The minimum absolute atomic E-state index is 0.210. The maximum atomic E-state index is 12.0. The van der Waals surface area contributed by atoms with Gasteiger partial charge in [-0.15, -0.1) is 0 Å². The topological polar surface area (TPSA) is 52.3 Å². The number of nitrogens with two attached hydrogens (primary N) is 1. The number of ether oxygens (including phenoxy) is 1. The van der Waals surface area contributed by atoms with Gasteiger partial charge in [0.25, 0.3) is 0 Å². The van der Waals surface area contributed by atoms with E-state index in [-0.39, 0.29) is 4.75 Å². The van der Waals surface area contributed by atoms with Crippen molar-refractivity contribution < 1.29 is 8.95 Å². The summed E-state index contributed by atoms with van der Waals surface area (Å²) in [6.07, 6.45) is 0. The molecular weight excluding hydrogens is 222 g/mol. The van der Waals surface area contributed by atoms with Gasteiger partial charge in [-0.25, -0.2) is 0 Å². The van der Waals surface area contributed by atoms with E-state index in [9.17, 15) is 4.21 Å². The van der Waals surface area contributed by atoms with Gasteiger partial charge in [-0.2, -0.15) is 0 Å². The summed E-state index contributed by atoms with van der Waals surface area (Å²) in [5, 5.41) is 0. The van der Waals surface area contributed by atoms with E-state index in [1.807, 2.05) is 32.9 Å². The first-order valence-corrected chi connectivity index (χ1v) is 6.47. The van der Waals surface area contributed by atoms with E-state index in [1.165, 1.54) is 0 Å². The summed E-state index contributed by atoms with van der Waals surface area (Å²) in [6, 6.07) is 5.47. The lowest BCUT2D eigenvalue weighted by Crippen LogP contribution is -2.23. The molecule has 0 radical (unpaired) electrons. The molecule has 3 nitrogen and oxygen atoms in total. The first-order valence-electron chi connectivity index (χ1n) is 5.15. The van der Waals surface area contributed by atoms with Crippen molar-refractivity contribution in [3.63, 3.8) is 0 Å².